The lowest BCUT2D eigenvalue weighted by Gasteiger charge is -2.59. The highest BCUT2D eigenvalue weighted by Gasteiger charge is 2.53. The summed E-state index contributed by atoms with van der Waals surface area (Å²) in [5, 5.41) is 3.11. The Labute approximate surface area is 172 Å². The molecule has 4 fully saturated rings. The molecular formula is C23H31NO5. The second-order valence-electron chi connectivity index (χ2n) is 9.17. The lowest BCUT2D eigenvalue weighted by Crippen LogP contribution is -2.56. The molecule has 6 heteroatoms. The fraction of sp³-hybridized carbons (Fsp3) is 0.652. The van der Waals surface area contributed by atoms with Crippen molar-refractivity contribution in [3.63, 3.8) is 0 Å². The quantitative estimate of drug-likeness (QED) is 0.677. The van der Waals surface area contributed by atoms with E-state index in [9.17, 15) is 9.59 Å². The topological polar surface area (TPSA) is 73.9 Å². The van der Waals surface area contributed by atoms with Crippen LogP contribution in [0.3, 0.4) is 0 Å². The molecule has 1 aromatic rings. The van der Waals surface area contributed by atoms with Gasteiger partial charge in [0.1, 0.15) is 0 Å². The Bertz CT molecular complexity index is 726. The van der Waals surface area contributed by atoms with Gasteiger partial charge in [0, 0.05) is 6.04 Å². The minimum absolute atomic E-state index is 0.118. The molecule has 0 aliphatic heterocycles. The molecule has 4 bridgehead atoms. The molecule has 4 aliphatic carbocycles. The second kappa shape index (κ2) is 8.25. The third kappa shape index (κ3) is 4.36. The van der Waals surface area contributed by atoms with Gasteiger partial charge in [-0.25, -0.2) is 4.79 Å². The molecule has 29 heavy (non-hydrogen) atoms. The fourth-order valence-corrected chi connectivity index (χ4v) is 6.21. The Morgan fingerprint density at radius 2 is 1.62 bits per heavy atom. The summed E-state index contributed by atoms with van der Waals surface area (Å²) >= 11 is 0. The van der Waals surface area contributed by atoms with Crippen LogP contribution >= 0.6 is 0 Å². The van der Waals surface area contributed by atoms with Gasteiger partial charge in [0.15, 0.2) is 24.7 Å². The minimum Gasteiger partial charge on any atom is -0.493 e. The Hall–Kier alpha value is -2.24. The predicted octanol–water partition coefficient (Wildman–Crippen LogP) is 3.34. The maximum atomic E-state index is 12.4. The van der Waals surface area contributed by atoms with E-state index < -0.39 is 5.97 Å². The zero-order chi connectivity index (χ0) is 20.4. The first-order chi connectivity index (χ1) is 14.0. The van der Waals surface area contributed by atoms with E-state index in [1.54, 1.807) is 18.2 Å². The van der Waals surface area contributed by atoms with Crippen molar-refractivity contribution in [1.82, 2.24) is 5.32 Å². The third-order valence-corrected chi connectivity index (χ3v) is 7.16. The number of nitrogens with one attached hydrogen (secondary N) is 1. The smallest absolute Gasteiger partial charge is 0.344 e. The van der Waals surface area contributed by atoms with Crippen molar-refractivity contribution in [2.75, 3.05) is 20.3 Å². The number of benzene rings is 1. The highest BCUT2D eigenvalue weighted by atomic mass is 16.6. The van der Waals surface area contributed by atoms with E-state index in [0.717, 1.165) is 17.8 Å². The molecule has 4 saturated carbocycles. The van der Waals surface area contributed by atoms with Crippen LogP contribution in [-0.2, 0) is 14.3 Å². The van der Waals surface area contributed by atoms with E-state index in [1.807, 2.05) is 6.07 Å². The highest BCUT2D eigenvalue weighted by molar-refractivity contribution is 5.81. The Kier molecular flexibility index (Phi) is 5.70. The number of hydrogen-bond donors (Lipinski definition) is 1. The fourth-order valence-electron chi connectivity index (χ4n) is 6.21. The van der Waals surface area contributed by atoms with Crippen LogP contribution in [0.5, 0.6) is 11.5 Å². The molecule has 0 spiro atoms. The van der Waals surface area contributed by atoms with Crippen LogP contribution < -0.4 is 14.8 Å². The molecule has 158 valence electrons. The number of rotatable bonds is 8. The number of para-hydroxylation sites is 2. The van der Waals surface area contributed by atoms with Crippen LogP contribution in [0.25, 0.3) is 0 Å². The van der Waals surface area contributed by atoms with Gasteiger partial charge in [-0.05, 0) is 80.8 Å². The molecule has 0 saturated heterocycles. The Balaban J connectivity index is 1.22. The summed E-state index contributed by atoms with van der Waals surface area (Å²) in [6, 6.07) is 7.19. The largest absolute Gasteiger partial charge is 0.493 e. The van der Waals surface area contributed by atoms with Crippen molar-refractivity contribution in [2.45, 2.75) is 51.5 Å². The van der Waals surface area contributed by atoms with Crippen LogP contribution in [0.1, 0.15) is 45.4 Å². The zero-order valence-corrected chi connectivity index (χ0v) is 17.3. The first-order valence-corrected chi connectivity index (χ1v) is 10.7. The summed E-state index contributed by atoms with van der Waals surface area (Å²) in [5.41, 5.74) is 0.237. The molecule has 0 heterocycles. The van der Waals surface area contributed by atoms with Gasteiger partial charge in [0.2, 0.25) is 0 Å². The standard InChI is InChI=1S/C23H31NO5/c1-15(23-10-16-7-17(11-23)9-18(8-16)12-23)24-21(25)13-29-22(26)14-28-20-6-4-3-5-19(20)27-2/h3-6,15-18H,7-14H2,1-2H3,(H,24,25)/t15-,16?,17?,18?,23?/m1/s1. The van der Waals surface area contributed by atoms with E-state index in [-0.39, 0.29) is 30.6 Å². The maximum absolute atomic E-state index is 12.4. The Morgan fingerprint density at radius 1 is 1.03 bits per heavy atom. The summed E-state index contributed by atoms with van der Waals surface area (Å²) in [5.74, 6) is 2.71. The number of methoxy groups -OCH3 is 1. The third-order valence-electron chi connectivity index (χ3n) is 7.16. The molecule has 1 aromatic carbocycles. The number of carbonyl (C=O) groups excluding carboxylic acids is 2. The van der Waals surface area contributed by atoms with Crippen molar-refractivity contribution in [3.8, 4) is 11.5 Å². The van der Waals surface area contributed by atoms with Crippen LogP contribution in [0, 0.1) is 23.2 Å². The van der Waals surface area contributed by atoms with Gasteiger partial charge < -0.3 is 19.5 Å². The van der Waals surface area contributed by atoms with Crippen LogP contribution in [-0.4, -0.2) is 38.2 Å². The summed E-state index contributed by atoms with van der Waals surface area (Å²) < 4.78 is 15.7. The average molecular weight is 402 g/mol. The van der Waals surface area contributed by atoms with Crippen molar-refractivity contribution < 1.29 is 23.8 Å². The molecule has 0 aromatic heterocycles. The Morgan fingerprint density at radius 3 is 2.21 bits per heavy atom. The molecular weight excluding hydrogens is 370 g/mol. The van der Waals surface area contributed by atoms with Gasteiger partial charge in [-0.3, -0.25) is 4.79 Å². The molecule has 0 unspecified atom stereocenters. The molecule has 5 rings (SSSR count). The van der Waals surface area contributed by atoms with E-state index in [4.69, 9.17) is 14.2 Å². The normalized spacial score (nSPS) is 30.5. The second-order valence-corrected chi connectivity index (χ2v) is 9.17. The lowest BCUT2D eigenvalue weighted by atomic mass is 9.48. The minimum atomic E-state index is -0.575. The summed E-state index contributed by atoms with van der Waals surface area (Å²) in [4.78, 5) is 24.3. The number of esters is 1. The van der Waals surface area contributed by atoms with E-state index in [1.165, 1.54) is 45.6 Å². The maximum Gasteiger partial charge on any atom is 0.344 e. The van der Waals surface area contributed by atoms with Crippen molar-refractivity contribution in [2.24, 2.45) is 23.2 Å². The first-order valence-electron chi connectivity index (χ1n) is 10.7. The monoisotopic (exact) mass is 401 g/mol. The van der Waals surface area contributed by atoms with E-state index in [0.29, 0.717) is 11.5 Å². The van der Waals surface area contributed by atoms with Crippen LogP contribution in [0.4, 0.5) is 0 Å². The number of carbonyl (C=O) groups is 2. The van der Waals surface area contributed by atoms with Gasteiger partial charge in [-0.2, -0.15) is 0 Å². The lowest BCUT2D eigenvalue weighted by molar-refractivity contribution is -0.151. The van der Waals surface area contributed by atoms with Gasteiger partial charge in [0.25, 0.3) is 5.91 Å². The highest BCUT2D eigenvalue weighted by Crippen LogP contribution is 2.61. The number of ether oxygens (including phenoxy) is 3. The number of hydrogen-bond acceptors (Lipinski definition) is 5. The van der Waals surface area contributed by atoms with Crippen molar-refractivity contribution in [3.05, 3.63) is 24.3 Å². The predicted molar refractivity (Wildman–Crippen MR) is 108 cm³/mol. The molecule has 0 radical (unpaired) electrons. The summed E-state index contributed by atoms with van der Waals surface area (Å²) in [6.45, 7) is 1.58. The van der Waals surface area contributed by atoms with E-state index >= 15 is 0 Å². The van der Waals surface area contributed by atoms with Crippen LogP contribution in [0.2, 0.25) is 0 Å². The van der Waals surface area contributed by atoms with Crippen molar-refractivity contribution in [1.29, 1.82) is 0 Å². The molecule has 6 nitrogen and oxygen atoms in total. The SMILES string of the molecule is COc1ccccc1OCC(=O)OCC(=O)N[C@H](C)C12CC3CC(CC(C3)C1)C2. The van der Waals surface area contributed by atoms with Gasteiger partial charge in [-0.15, -0.1) is 0 Å². The molecule has 1 atom stereocenters. The zero-order valence-electron chi connectivity index (χ0n) is 17.3. The molecule has 1 amide bonds. The van der Waals surface area contributed by atoms with Gasteiger partial charge in [-0.1, -0.05) is 12.1 Å². The van der Waals surface area contributed by atoms with Crippen molar-refractivity contribution >= 4 is 11.9 Å². The van der Waals surface area contributed by atoms with E-state index in [2.05, 4.69) is 12.2 Å². The molecule has 1 N–H and O–H groups in total. The average Bonchev–Trinajstić information content (AvgIpc) is 2.70. The van der Waals surface area contributed by atoms with Crippen LogP contribution in [0.15, 0.2) is 24.3 Å². The van der Waals surface area contributed by atoms with Gasteiger partial charge in [0.05, 0.1) is 7.11 Å². The number of amides is 1. The summed E-state index contributed by atoms with van der Waals surface area (Å²) in [7, 11) is 1.54. The summed E-state index contributed by atoms with van der Waals surface area (Å²) in [6.07, 6.45) is 7.82. The molecule has 4 aliphatic rings. The first kappa shape index (κ1) is 20.0. The van der Waals surface area contributed by atoms with Gasteiger partial charge >= 0.3 is 5.97 Å².